The normalized spacial score (nSPS) is 22.6. The Bertz CT molecular complexity index is 511. The van der Waals surface area contributed by atoms with Crippen LogP contribution in [-0.4, -0.2) is 19.2 Å². The van der Waals surface area contributed by atoms with E-state index in [0.29, 0.717) is 12.5 Å². The zero-order valence-corrected chi connectivity index (χ0v) is 11.7. The van der Waals surface area contributed by atoms with E-state index in [1.165, 1.54) is 11.1 Å². The molecule has 0 amide bonds. The number of benzene rings is 2. The van der Waals surface area contributed by atoms with Crippen molar-refractivity contribution in [2.24, 2.45) is 0 Å². The van der Waals surface area contributed by atoms with Crippen molar-refractivity contribution in [3.05, 3.63) is 71.8 Å². The summed E-state index contributed by atoms with van der Waals surface area (Å²) >= 11 is 0. The van der Waals surface area contributed by atoms with E-state index in [0.717, 1.165) is 19.5 Å². The standard InChI is InChI=1S/C18H21NO/c1-3-7-15(8-4-1)14-20-18-13-19-12-11-17(18)16-9-5-2-6-10-16/h1-10,17-19H,11-14H2/t17-,18+/m1/s1. The first kappa shape index (κ1) is 13.3. The minimum absolute atomic E-state index is 0.256. The molecule has 2 aromatic rings. The van der Waals surface area contributed by atoms with E-state index >= 15 is 0 Å². The highest BCUT2D eigenvalue weighted by atomic mass is 16.5. The maximum absolute atomic E-state index is 6.17. The molecule has 0 spiro atoms. The van der Waals surface area contributed by atoms with E-state index in [-0.39, 0.29) is 6.10 Å². The molecule has 1 aliphatic rings. The van der Waals surface area contributed by atoms with Crippen molar-refractivity contribution in [2.75, 3.05) is 13.1 Å². The zero-order valence-electron chi connectivity index (χ0n) is 11.7. The predicted molar refractivity (Wildman–Crippen MR) is 81.7 cm³/mol. The van der Waals surface area contributed by atoms with Crippen molar-refractivity contribution in [2.45, 2.75) is 25.0 Å². The lowest BCUT2D eigenvalue weighted by Crippen LogP contribution is -2.40. The van der Waals surface area contributed by atoms with Gasteiger partial charge in [0.2, 0.25) is 0 Å². The highest BCUT2D eigenvalue weighted by Gasteiger charge is 2.26. The monoisotopic (exact) mass is 267 g/mol. The lowest BCUT2D eigenvalue weighted by molar-refractivity contribution is 0.0106. The van der Waals surface area contributed by atoms with E-state index in [2.05, 4.69) is 59.9 Å². The Labute approximate surface area is 120 Å². The predicted octanol–water partition coefficient (Wildman–Crippen LogP) is 3.35. The molecule has 0 unspecified atom stereocenters. The van der Waals surface area contributed by atoms with E-state index in [1.54, 1.807) is 0 Å². The summed E-state index contributed by atoms with van der Waals surface area (Å²) in [5.74, 6) is 0.501. The van der Waals surface area contributed by atoms with Crippen molar-refractivity contribution in [3.8, 4) is 0 Å². The van der Waals surface area contributed by atoms with E-state index in [1.807, 2.05) is 6.07 Å². The molecule has 0 aliphatic carbocycles. The lowest BCUT2D eigenvalue weighted by atomic mass is 9.88. The highest BCUT2D eigenvalue weighted by molar-refractivity contribution is 5.22. The van der Waals surface area contributed by atoms with Crippen molar-refractivity contribution >= 4 is 0 Å². The fourth-order valence-electron chi connectivity index (χ4n) is 2.86. The summed E-state index contributed by atoms with van der Waals surface area (Å²) in [5, 5.41) is 3.45. The Morgan fingerprint density at radius 1 is 0.950 bits per heavy atom. The molecule has 1 N–H and O–H groups in total. The van der Waals surface area contributed by atoms with E-state index in [4.69, 9.17) is 4.74 Å². The molecule has 1 saturated heterocycles. The molecular formula is C18H21NO. The smallest absolute Gasteiger partial charge is 0.0772 e. The Morgan fingerprint density at radius 3 is 2.40 bits per heavy atom. The van der Waals surface area contributed by atoms with Crippen molar-refractivity contribution in [1.82, 2.24) is 5.32 Å². The molecule has 0 saturated carbocycles. The molecule has 2 atom stereocenters. The quantitative estimate of drug-likeness (QED) is 0.917. The van der Waals surface area contributed by atoms with Crippen LogP contribution in [0.25, 0.3) is 0 Å². The molecule has 0 aromatic heterocycles. The van der Waals surface area contributed by atoms with Crippen molar-refractivity contribution in [1.29, 1.82) is 0 Å². The minimum Gasteiger partial charge on any atom is -0.372 e. The Balaban J connectivity index is 1.67. The molecule has 2 heteroatoms. The van der Waals surface area contributed by atoms with Gasteiger partial charge < -0.3 is 10.1 Å². The van der Waals surface area contributed by atoms with Gasteiger partial charge in [0.15, 0.2) is 0 Å². The second-order valence-electron chi connectivity index (χ2n) is 5.35. The summed E-state index contributed by atoms with van der Waals surface area (Å²) in [5.41, 5.74) is 2.64. The minimum atomic E-state index is 0.256. The van der Waals surface area contributed by atoms with Gasteiger partial charge >= 0.3 is 0 Å². The summed E-state index contributed by atoms with van der Waals surface area (Å²) in [7, 11) is 0. The fraction of sp³-hybridized carbons (Fsp3) is 0.333. The maximum Gasteiger partial charge on any atom is 0.0772 e. The van der Waals surface area contributed by atoms with Gasteiger partial charge in [0.1, 0.15) is 0 Å². The van der Waals surface area contributed by atoms with Crippen molar-refractivity contribution < 1.29 is 4.74 Å². The largest absolute Gasteiger partial charge is 0.372 e. The second kappa shape index (κ2) is 6.69. The SMILES string of the molecule is c1ccc(CO[C@H]2CNCC[C@@H]2c2ccccc2)cc1. The Morgan fingerprint density at radius 2 is 1.65 bits per heavy atom. The van der Waals surface area contributed by atoms with Crippen LogP contribution in [0.4, 0.5) is 0 Å². The van der Waals surface area contributed by atoms with Crippen LogP contribution in [-0.2, 0) is 11.3 Å². The summed E-state index contributed by atoms with van der Waals surface area (Å²) in [6, 6.07) is 21.1. The van der Waals surface area contributed by atoms with Crippen LogP contribution in [0.15, 0.2) is 60.7 Å². The molecule has 3 rings (SSSR count). The molecule has 20 heavy (non-hydrogen) atoms. The number of hydrogen-bond acceptors (Lipinski definition) is 2. The first-order valence-corrected chi connectivity index (χ1v) is 7.34. The third kappa shape index (κ3) is 3.27. The van der Waals surface area contributed by atoms with Gasteiger partial charge in [-0.15, -0.1) is 0 Å². The van der Waals surface area contributed by atoms with E-state index in [9.17, 15) is 0 Å². The van der Waals surface area contributed by atoms with Crippen LogP contribution in [0.5, 0.6) is 0 Å². The summed E-state index contributed by atoms with van der Waals surface area (Å²) in [4.78, 5) is 0. The van der Waals surface area contributed by atoms with Crippen LogP contribution in [0, 0.1) is 0 Å². The number of rotatable bonds is 4. The number of nitrogens with one attached hydrogen (secondary N) is 1. The van der Waals surface area contributed by atoms with Gasteiger partial charge in [-0.25, -0.2) is 0 Å². The summed E-state index contributed by atoms with van der Waals surface area (Å²) < 4.78 is 6.17. The number of ether oxygens (including phenoxy) is 1. The third-order valence-electron chi connectivity index (χ3n) is 3.96. The molecule has 1 fully saturated rings. The molecule has 1 aliphatic heterocycles. The Kier molecular flexibility index (Phi) is 4.46. The van der Waals surface area contributed by atoms with Crippen LogP contribution >= 0.6 is 0 Å². The molecule has 0 radical (unpaired) electrons. The van der Waals surface area contributed by atoms with Crippen molar-refractivity contribution in [3.63, 3.8) is 0 Å². The maximum atomic E-state index is 6.17. The third-order valence-corrected chi connectivity index (χ3v) is 3.96. The van der Waals surface area contributed by atoms with Gasteiger partial charge in [-0.1, -0.05) is 60.7 Å². The van der Waals surface area contributed by atoms with Gasteiger partial charge in [0.05, 0.1) is 12.7 Å². The molecule has 104 valence electrons. The average molecular weight is 267 g/mol. The molecule has 1 heterocycles. The first-order chi connectivity index (χ1) is 9.93. The lowest BCUT2D eigenvalue weighted by Gasteiger charge is -2.32. The summed E-state index contributed by atoms with van der Waals surface area (Å²) in [6.45, 7) is 2.70. The second-order valence-corrected chi connectivity index (χ2v) is 5.35. The van der Waals surface area contributed by atoms with Gasteiger partial charge in [0.25, 0.3) is 0 Å². The number of hydrogen-bond donors (Lipinski definition) is 1. The van der Waals surface area contributed by atoms with Gasteiger partial charge in [-0.3, -0.25) is 0 Å². The van der Waals surface area contributed by atoms with Crippen LogP contribution in [0.1, 0.15) is 23.5 Å². The Hall–Kier alpha value is -1.64. The molecular weight excluding hydrogens is 246 g/mol. The fourth-order valence-corrected chi connectivity index (χ4v) is 2.86. The van der Waals surface area contributed by atoms with Crippen LogP contribution < -0.4 is 5.32 Å². The summed E-state index contributed by atoms with van der Waals surface area (Å²) in [6.07, 6.45) is 1.40. The van der Waals surface area contributed by atoms with Gasteiger partial charge in [0, 0.05) is 12.5 Å². The average Bonchev–Trinajstić information content (AvgIpc) is 2.55. The molecule has 0 bridgehead atoms. The van der Waals surface area contributed by atoms with Crippen LogP contribution in [0.3, 0.4) is 0 Å². The van der Waals surface area contributed by atoms with Gasteiger partial charge in [-0.2, -0.15) is 0 Å². The van der Waals surface area contributed by atoms with Gasteiger partial charge in [-0.05, 0) is 24.1 Å². The zero-order chi connectivity index (χ0) is 13.6. The topological polar surface area (TPSA) is 21.3 Å². The molecule has 2 aromatic carbocycles. The number of piperidine rings is 1. The molecule has 2 nitrogen and oxygen atoms in total. The first-order valence-electron chi connectivity index (χ1n) is 7.34. The highest BCUT2D eigenvalue weighted by Crippen LogP contribution is 2.28. The van der Waals surface area contributed by atoms with Crippen LogP contribution in [0.2, 0.25) is 0 Å². The van der Waals surface area contributed by atoms with E-state index < -0.39 is 0 Å².